The highest BCUT2D eigenvalue weighted by atomic mass is 16.6. The predicted molar refractivity (Wildman–Crippen MR) is 109 cm³/mol. The van der Waals surface area contributed by atoms with Crippen LogP contribution in [0, 0.1) is 0 Å². The molecule has 4 heteroatoms. The normalized spacial score (nSPS) is 11.1. The topological polar surface area (TPSA) is 56.5 Å². The van der Waals surface area contributed by atoms with Gasteiger partial charge in [0.25, 0.3) is 0 Å². The van der Waals surface area contributed by atoms with E-state index in [1.54, 1.807) is 6.07 Å². The van der Waals surface area contributed by atoms with Crippen LogP contribution in [0.1, 0.15) is 107 Å². The van der Waals surface area contributed by atoms with Gasteiger partial charge in [-0.25, -0.2) is 4.79 Å². The van der Waals surface area contributed by atoms with Gasteiger partial charge in [0.1, 0.15) is 0 Å². The van der Waals surface area contributed by atoms with Crippen molar-refractivity contribution < 1.29 is 18.7 Å². The van der Waals surface area contributed by atoms with Crippen molar-refractivity contribution in [1.29, 1.82) is 0 Å². The zero-order valence-corrected chi connectivity index (χ0v) is 16.9. The molecule has 0 radical (unpaired) electrons. The van der Waals surface area contributed by atoms with Crippen molar-refractivity contribution in [2.24, 2.45) is 0 Å². The van der Waals surface area contributed by atoms with E-state index in [1.165, 1.54) is 70.1 Å². The van der Waals surface area contributed by atoms with Crippen LogP contribution in [0.15, 0.2) is 35.0 Å². The van der Waals surface area contributed by atoms with E-state index in [-0.39, 0.29) is 12.2 Å². The Kier molecular flexibility index (Phi) is 14.0. The van der Waals surface area contributed by atoms with Crippen LogP contribution in [0.3, 0.4) is 0 Å². The van der Waals surface area contributed by atoms with E-state index in [0.717, 1.165) is 25.7 Å². The van der Waals surface area contributed by atoms with Crippen LogP contribution < -0.4 is 0 Å². The van der Waals surface area contributed by atoms with E-state index >= 15 is 0 Å². The average molecular weight is 377 g/mol. The molecule has 0 aliphatic rings. The molecule has 1 aromatic rings. The first-order chi connectivity index (χ1) is 13.2. The fraction of sp³-hybridized carbons (Fsp3) is 0.652. The number of allylic oxidation sites excluding steroid dienone is 2. The first-order valence-electron chi connectivity index (χ1n) is 10.7. The van der Waals surface area contributed by atoms with E-state index < -0.39 is 11.9 Å². The highest BCUT2D eigenvalue weighted by molar-refractivity contribution is 5.94. The highest BCUT2D eigenvalue weighted by Crippen LogP contribution is 2.11. The summed E-state index contributed by atoms with van der Waals surface area (Å²) in [5, 5.41) is 0. The van der Waals surface area contributed by atoms with Gasteiger partial charge < -0.3 is 9.15 Å². The van der Waals surface area contributed by atoms with E-state index in [2.05, 4.69) is 19.1 Å². The Morgan fingerprint density at radius 2 is 1.48 bits per heavy atom. The predicted octanol–water partition coefficient (Wildman–Crippen LogP) is 7.00. The van der Waals surface area contributed by atoms with Crippen molar-refractivity contribution in [1.82, 2.24) is 0 Å². The molecule has 0 saturated heterocycles. The third kappa shape index (κ3) is 13.0. The molecule has 0 amide bonds. The lowest BCUT2D eigenvalue weighted by molar-refractivity contribution is -0.138. The number of unbranched alkanes of at least 4 members (excludes halogenated alkanes) is 11. The van der Waals surface area contributed by atoms with Crippen LogP contribution in [0.5, 0.6) is 0 Å². The largest absolute Gasteiger partial charge is 0.457 e. The molecule has 0 saturated carbocycles. The summed E-state index contributed by atoms with van der Waals surface area (Å²) in [6.07, 6.45) is 22.1. The fourth-order valence-corrected chi connectivity index (χ4v) is 2.94. The first-order valence-corrected chi connectivity index (χ1v) is 10.7. The summed E-state index contributed by atoms with van der Waals surface area (Å²) in [6.45, 7) is 2.25. The van der Waals surface area contributed by atoms with Crippen LogP contribution in [0.4, 0.5) is 0 Å². The van der Waals surface area contributed by atoms with Gasteiger partial charge in [0.2, 0.25) is 5.76 Å². The summed E-state index contributed by atoms with van der Waals surface area (Å²) in [7, 11) is 0. The minimum atomic E-state index is -0.710. The van der Waals surface area contributed by atoms with Gasteiger partial charge >= 0.3 is 11.9 Å². The summed E-state index contributed by atoms with van der Waals surface area (Å²) in [5.41, 5.74) is 0. The number of carbonyl (C=O) groups excluding carboxylic acids is 2. The van der Waals surface area contributed by atoms with Crippen molar-refractivity contribution >= 4 is 11.9 Å². The molecule has 0 bridgehead atoms. The summed E-state index contributed by atoms with van der Waals surface area (Å²) in [6, 6.07) is 3.07. The minimum Gasteiger partial charge on any atom is -0.457 e. The van der Waals surface area contributed by atoms with Gasteiger partial charge in [0.05, 0.1) is 6.26 Å². The minimum absolute atomic E-state index is 0.0629. The molecule has 0 aromatic carbocycles. The van der Waals surface area contributed by atoms with Crippen LogP contribution in [-0.2, 0) is 9.53 Å². The van der Waals surface area contributed by atoms with Crippen LogP contribution in [0.25, 0.3) is 0 Å². The van der Waals surface area contributed by atoms with Crippen molar-refractivity contribution in [3.05, 3.63) is 36.3 Å². The van der Waals surface area contributed by atoms with Crippen molar-refractivity contribution in [3.8, 4) is 0 Å². The number of furan rings is 1. The second-order valence-electron chi connectivity index (χ2n) is 7.07. The molecule has 1 aromatic heterocycles. The number of hydrogen-bond acceptors (Lipinski definition) is 4. The Morgan fingerprint density at radius 3 is 2.07 bits per heavy atom. The van der Waals surface area contributed by atoms with Crippen LogP contribution in [-0.4, -0.2) is 11.9 Å². The van der Waals surface area contributed by atoms with E-state index in [9.17, 15) is 9.59 Å². The number of esters is 2. The number of carbonyl (C=O) groups is 2. The molecule has 0 aliphatic heterocycles. The molecule has 0 atom stereocenters. The van der Waals surface area contributed by atoms with Gasteiger partial charge in [0, 0.05) is 6.42 Å². The molecule has 0 unspecified atom stereocenters. The smallest absolute Gasteiger partial charge is 0.381 e. The van der Waals surface area contributed by atoms with Gasteiger partial charge in [-0.2, -0.15) is 0 Å². The molecule has 0 aliphatic carbocycles. The zero-order chi connectivity index (χ0) is 19.6. The van der Waals surface area contributed by atoms with Crippen LogP contribution in [0.2, 0.25) is 0 Å². The number of hydrogen-bond donors (Lipinski definition) is 0. The molecule has 0 N–H and O–H groups in total. The molecular formula is C23H36O4. The van der Waals surface area contributed by atoms with E-state index in [4.69, 9.17) is 9.15 Å². The lowest BCUT2D eigenvalue weighted by Crippen LogP contribution is -2.11. The fourth-order valence-electron chi connectivity index (χ4n) is 2.94. The average Bonchev–Trinajstić information content (AvgIpc) is 3.20. The summed E-state index contributed by atoms with van der Waals surface area (Å²) >= 11 is 0. The Hall–Kier alpha value is -1.84. The monoisotopic (exact) mass is 376 g/mol. The molecule has 0 spiro atoms. The molecule has 1 heterocycles. The van der Waals surface area contributed by atoms with Gasteiger partial charge in [-0.05, 0) is 44.2 Å². The maximum absolute atomic E-state index is 11.6. The second-order valence-corrected chi connectivity index (χ2v) is 7.07. The molecular weight excluding hydrogens is 340 g/mol. The lowest BCUT2D eigenvalue weighted by atomic mass is 10.1. The Morgan fingerprint density at radius 1 is 0.889 bits per heavy atom. The first kappa shape index (κ1) is 23.2. The Balaban J connectivity index is 1.85. The van der Waals surface area contributed by atoms with E-state index in [0.29, 0.717) is 0 Å². The second kappa shape index (κ2) is 16.3. The summed E-state index contributed by atoms with van der Waals surface area (Å²) < 4.78 is 9.63. The lowest BCUT2D eigenvalue weighted by Gasteiger charge is -2.02. The third-order valence-corrected chi connectivity index (χ3v) is 4.57. The molecule has 27 heavy (non-hydrogen) atoms. The van der Waals surface area contributed by atoms with Gasteiger partial charge in [0.15, 0.2) is 0 Å². The molecule has 1 rings (SSSR count). The van der Waals surface area contributed by atoms with Crippen molar-refractivity contribution in [2.45, 2.75) is 96.8 Å². The van der Waals surface area contributed by atoms with Crippen LogP contribution >= 0.6 is 0 Å². The maximum Gasteiger partial charge on any atom is 0.381 e. The SMILES string of the molecule is CCCCCCCCC=CCCCCCCCC(=O)OC(=O)c1ccco1. The summed E-state index contributed by atoms with van der Waals surface area (Å²) in [5.74, 6) is -1.13. The highest BCUT2D eigenvalue weighted by Gasteiger charge is 2.14. The third-order valence-electron chi connectivity index (χ3n) is 4.57. The number of ether oxygens (including phenoxy) is 1. The van der Waals surface area contributed by atoms with Crippen molar-refractivity contribution in [2.75, 3.05) is 0 Å². The van der Waals surface area contributed by atoms with Gasteiger partial charge in [-0.1, -0.05) is 70.4 Å². The standard InChI is InChI=1S/C23H36O4/c1-2-3-4-5-6-7-8-9-10-11-12-13-14-15-16-19-22(24)27-23(25)21-18-17-20-26-21/h9-10,17-18,20H,2-8,11-16,19H2,1H3. The quantitative estimate of drug-likeness (QED) is 0.135. The van der Waals surface area contributed by atoms with Gasteiger partial charge in [-0.15, -0.1) is 0 Å². The zero-order valence-electron chi connectivity index (χ0n) is 16.9. The van der Waals surface area contributed by atoms with E-state index in [1.807, 2.05) is 0 Å². The Bertz CT molecular complexity index is 516. The number of rotatable bonds is 16. The molecule has 0 fully saturated rings. The summed E-state index contributed by atoms with van der Waals surface area (Å²) in [4.78, 5) is 23.1. The Labute approximate surface area is 164 Å². The maximum atomic E-state index is 11.6. The molecule has 4 nitrogen and oxygen atoms in total. The van der Waals surface area contributed by atoms with Gasteiger partial charge in [-0.3, -0.25) is 4.79 Å². The molecule has 152 valence electrons. The van der Waals surface area contributed by atoms with Crippen molar-refractivity contribution in [3.63, 3.8) is 0 Å².